The van der Waals surface area contributed by atoms with Crippen molar-refractivity contribution in [2.75, 3.05) is 11.9 Å². The molecule has 0 fully saturated rings. The van der Waals surface area contributed by atoms with Crippen molar-refractivity contribution >= 4 is 23.2 Å². The summed E-state index contributed by atoms with van der Waals surface area (Å²) in [6.45, 7) is 0. The minimum atomic E-state index is -1.29. The fraction of sp³-hybridized carbons (Fsp3) is 0.160. The predicted octanol–water partition coefficient (Wildman–Crippen LogP) is 2.36. The number of benzodiazepines with no additional fused rings is 1. The van der Waals surface area contributed by atoms with Crippen LogP contribution in [0.3, 0.4) is 0 Å². The Bertz CT molecular complexity index is 1240. The van der Waals surface area contributed by atoms with Crippen LogP contribution in [0.5, 0.6) is 5.75 Å². The third-order valence-electron chi connectivity index (χ3n) is 5.45. The van der Waals surface area contributed by atoms with Gasteiger partial charge in [-0.25, -0.2) is 9.38 Å². The van der Waals surface area contributed by atoms with E-state index in [0.717, 1.165) is 0 Å². The first-order valence-corrected chi connectivity index (χ1v) is 10.4. The number of carbonyl (C=O) groups excluding carboxylic acids is 2. The first-order chi connectivity index (χ1) is 15.8. The van der Waals surface area contributed by atoms with Crippen LogP contribution in [0, 0.1) is 5.82 Å². The summed E-state index contributed by atoms with van der Waals surface area (Å²) in [4.78, 5) is 31.9. The second kappa shape index (κ2) is 9.22. The Morgan fingerprint density at radius 2 is 1.82 bits per heavy atom. The molecule has 0 radical (unpaired) electrons. The Balaban J connectivity index is 1.67. The van der Waals surface area contributed by atoms with Gasteiger partial charge in [-0.05, 0) is 42.3 Å². The number of hydrogen-bond acceptors (Lipinski definition) is 5. The number of halogens is 1. The van der Waals surface area contributed by atoms with E-state index < -0.39 is 29.8 Å². The van der Waals surface area contributed by atoms with Crippen LogP contribution < -0.4 is 16.0 Å². The normalized spacial score (nSPS) is 16.5. The van der Waals surface area contributed by atoms with Gasteiger partial charge < -0.3 is 21.1 Å². The summed E-state index contributed by atoms with van der Waals surface area (Å²) in [6.07, 6.45) is -1.14. The molecular weight excluding hydrogens is 423 g/mol. The summed E-state index contributed by atoms with van der Waals surface area (Å²) >= 11 is 0. The number of rotatable bonds is 5. The monoisotopic (exact) mass is 446 g/mol. The van der Waals surface area contributed by atoms with Gasteiger partial charge in [0.1, 0.15) is 11.6 Å². The molecule has 4 rings (SSSR count). The summed E-state index contributed by atoms with van der Waals surface area (Å²) in [5.74, 6) is -1.49. The highest BCUT2D eigenvalue weighted by molar-refractivity contribution is 6.20. The van der Waals surface area contributed by atoms with Gasteiger partial charge in [-0.1, -0.05) is 42.5 Å². The molecule has 1 aliphatic heterocycles. The maximum absolute atomic E-state index is 14.7. The Labute approximate surface area is 190 Å². The molecule has 7 nitrogen and oxygen atoms in total. The Kier molecular flexibility index (Phi) is 6.19. The van der Waals surface area contributed by atoms with Crippen molar-refractivity contribution in [1.29, 1.82) is 0 Å². The smallest absolute Gasteiger partial charge is 0.272 e. The van der Waals surface area contributed by atoms with Gasteiger partial charge in [0.25, 0.3) is 5.91 Å². The van der Waals surface area contributed by atoms with Crippen LogP contribution in [0.1, 0.15) is 16.7 Å². The molecule has 3 aromatic carbocycles. The Hall–Kier alpha value is -4.04. The van der Waals surface area contributed by atoms with Crippen molar-refractivity contribution < 1.29 is 19.1 Å². The lowest BCUT2D eigenvalue weighted by Crippen LogP contribution is -2.51. The first-order valence-electron chi connectivity index (χ1n) is 10.4. The van der Waals surface area contributed by atoms with Crippen molar-refractivity contribution in [3.8, 4) is 5.75 Å². The number of para-hydroxylation sites is 1. The average Bonchev–Trinajstić information content (AvgIpc) is 2.90. The molecule has 33 heavy (non-hydrogen) atoms. The van der Waals surface area contributed by atoms with Crippen LogP contribution in [-0.4, -0.2) is 41.9 Å². The van der Waals surface area contributed by atoms with Crippen LogP contribution in [0.25, 0.3) is 0 Å². The van der Waals surface area contributed by atoms with E-state index in [1.54, 1.807) is 61.6 Å². The molecule has 0 aliphatic carbocycles. The molecule has 1 heterocycles. The number of benzene rings is 3. The van der Waals surface area contributed by atoms with E-state index in [1.165, 1.54) is 23.1 Å². The van der Waals surface area contributed by atoms with E-state index in [-0.39, 0.29) is 23.4 Å². The van der Waals surface area contributed by atoms with Gasteiger partial charge in [0, 0.05) is 18.2 Å². The lowest BCUT2D eigenvalue weighted by Gasteiger charge is -2.22. The van der Waals surface area contributed by atoms with Gasteiger partial charge in [0.15, 0.2) is 0 Å². The lowest BCUT2D eigenvalue weighted by molar-refractivity contribution is -0.128. The fourth-order valence-electron chi connectivity index (χ4n) is 3.76. The molecule has 0 spiro atoms. The van der Waals surface area contributed by atoms with Crippen molar-refractivity contribution in [3.63, 3.8) is 0 Å². The van der Waals surface area contributed by atoms with Crippen molar-refractivity contribution in [2.24, 2.45) is 10.7 Å². The number of carbonyl (C=O) groups is 2. The molecule has 0 aromatic heterocycles. The number of nitrogens with zero attached hydrogens (tertiary/aromatic N) is 2. The molecule has 0 saturated heterocycles. The highest BCUT2D eigenvalue weighted by atomic mass is 19.1. The van der Waals surface area contributed by atoms with E-state index in [9.17, 15) is 19.1 Å². The topological polar surface area (TPSA) is 108 Å². The molecular formula is C25H23FN4O3. The van der Waals surface area contributed by atoms with Gasteiger partial charge >= 0.3 is 0 Å². The van der Waals surface area contributed by atoms with E-state index in [2.05, 4.69) is 10.3 Å². The summed E-state index contributed by atoms with van der Waals surface area (Å²) in [7, 11) is 1.58. The summed E-state index contributed by atoms with van der Waals surface area (Å²) in [5.41, 5.74) is 8.33. The molecule has 3 aromatic rings. The molecule has 2 unspecified atom stereocenters. The number of anilines is 1. The number of phenols is 1. The number of nitrogens with two attached hydrogens (primary N) is 1. The number of aromatic hydroxyl groups is 1. The third-order valence-corrected chi connectivity index (χ3v) is 5.45. The molecule has 168 valence electrons. The summed E-state index contributed by atoms with van der Waals surface area (Å²) in [6, 6.07) is 18.6. The summed E-state index contributed by atoms with van der Waals surface area (Å²) in [5, 5.41) is 12.2. The first kappa shape index (κ1) is 22.2. The Morgan fingerprint density at radius 1 is 1.12 bits per heavy atom. The lowest BCUT2D eigenvalue weighted by atomic mass is 10.00. The zero-order valence-corrected chi connectivity index (χ0v) is 17.9. The minimum absolute atomic E-state index is 0.0672. The largest absolute Gasteiger partial charge is 0.508 e. The second-order valence-corrected chi connectivity index (χ2v) is 7.76. The van der Waals surface area contributed by atoms with Crippen molar-refractivity contribution in [1.82, 2.24) is 5.32 Å². The Morgan fingerprint density at radius 3 is 2.55 bits per heavy atom. The number of likely N-dealkylation sites (N-methyl/N-ethyl adjacent to an activating group) is 1. The molecule has 1 aliphatic rings. The van der Waals surface area contributed by atoms with E-state index in [0.29, 0.717) is 16.8 Å². The van der Waals surface area contributed by atoms with Gasteiger partial charge in [0.05, 0.1) is 17.4 Å². The number of amides is 2. The van der Waals surface area contributed by atoms with E-state index >= 15 is 0 Å². The van der Waals surface area contributed by atoms with Gasteiger partial charge in [-0.15, -0.1) is 0 Å². The molecule has 0 saturated carbocycles. The third kappa shape index (κ3) is 4.61. The van der Waals surface area contributed by atoms with Crippen molar-refractivity contribution in [3.05, 3.63) is 95.3 Å². The molecule has 8 heteroatoms. The predicted molar refractivity (Wildman–Crippen MR) is 124 cm³/mol. The zero-order valence-electron chi connectivity index (χ0n) is 17.9. The number of aliphatic imine (C=N–C) groups is 1. The van der Waals surface area contributed by atoms with Crippen LogP contribution in [0.2, 0.25) is 0 Å². The van der Waals surface area contributed by atoms with Gasteiger partial charge in [-0.2, -0.15) is 0 Å². The average molecular weight is 446 g/mol. The second-order valence-electron chi connectivity index (χ2n) is 7.76. The fourth-order valence-corrected chi connectivity index (χ4v) is 3.76. The van der Waals surface area contributed by atoms with Crippen LogP contribution in [0.4, 0.5) is 10.1 Å². The van der Waals surface area contributed by atoms with Gasteiger partial charge in [0.2, 0.25) is 12.1 Å². The number of hydrogen-bond donors (Lipinski definition) is 3. The molecule has 0 bridgehead atoms. The SMILES string of the molecule is CN1C(=O)C(NC(=O)C(N)Cc2cccc(O)c2)N=C(c2ccccc2F)c2ccccc21. The highest BCUT2D eigenvalue weighted by Crippen LogP contribution is 2.28. The van der Waals surface area contributed by atoms with Crippen molar-refractivity contribution in [2.45, 2.75) is 18.6 Å². The van der Waals surface area contributed by atoms with Crippen LogP contribution in [-0.2, 0) is 16.0 Å². The van der Waals surface area contributed by atoms with E-state index in [1.807, 2.05) is 0 Å². The maximum Gasteiger partial charge on any atom is 0.272 e. The molecule has 2 amide bonds. The quantitative estimate of drug-likeness (QED) is 0.559. The zero-order chi connectivity index (χ0) is 23.5. The van der Waals surface area contributed by atoms with Crippen LogP contribution >= 0.6 is 0 Å². The standard InChI is InChI=1S/C25H23FN4O3/c1-30-21-12-5-3-10-18(21)22(17-9-2-4-11-19(17)26)28-23(25(30)33)29-24(32)20(27)14-15-7-6-8-16(31)13-15/h2-13,20,23,31H,14,27H2,1H3,(H,29,32). The number of fused-ring (bicyclic) bond motifs is 1. The number of phenolic OH excluding ortho intramolecular Hbond substituents is 1. The summed E-state index contributed by atoms with van der Waals surface area (Å²) < 4.78 is 14.7. The molecule has 4 N–H and O–H groups in total. The van der Waals surface area contributed by atoms with Crippen LogP contribution in [0.15, 0.2) is 77.8 Å². The van der Waals surface area contributed by atoms with E-state index in [4.69, 9.17) is 5.73 Å². The van der Waals surface area contributed by atoms with Gasteiger partial charge in [-0.3, -0.25) is 9.59 Å². The minimum Gasteiger partial charge on any atom is -0.508 e. The highest BCUT2D eigenvalue weighted by Gasteiger charge is 2.32. The molecule has 2 atom stereocenters. The maximum atomic E-state index is 14.7. The number of nitrogens with one attached hydrogen (secondary N) is 1.